The van der Waals surface area contributed by atoms with Crippen molar-refractivity contribution in [2.75, 3.05) is 51.4 Å². The normalized spacial score (nSPS) is 22.6. The Labute approximate surface area is 261 Å². The number of pyridine rings is 1. The van der Waals surface area contributed by atoms with Crippen molar-refractivity contribution in [3.05, 3.63) is 35.3 Å². The molecule has 0 amide bonds. The van der Waals surface area contributed by atoms with E-state index in [2.05, 4.69) is 30.1 Å². The summed E-state index contributed by atoms with van der Waals surface area (Å²) in [6.07, 6.45) is 5.53. The second-order valence-electron chi connectivity index (χ2n) is 12.6. The lowest BCUT2D eigenvalue weighted by atomic mass is 9.75. The number of rotatable bonds is 8. The summed E-state index contributed by atoms with van der Waals surface area (Å²) >= 11 is 0.712. The fraction of sp³-hybridized carbons (Fsp3) is 0.484. The molecular weight excluding hydrogens is 608 g/mol. The molecule has 4 aromatic rings. The fourth-order valence-electron chi connectivity index (χ4n) is 7.22. The predicted octanol–water partition coefficient (Wildman–Crippen LogP) is 5.63. The number of nitrogens with zero attached hydrogens (tertiary/aromatic N) is 6. The number of nitrogen functional groups attached to an aromatic ring is 1. The fourth-order valence-corrected chi connectivity index (χ4v) is 8.19. The average Bonchev–Trinajstić information content (AvgIpc) is 3.62. The lowest BCUT2D eigenvalue weighted by Gasteiger charge is -2.47. The van der Waals surface area contributed by atoms with Crippen molar-refractivity contribution in [1.29, 1.82) is 5.26 Å². The van der Waals surface area contributed by atoms with Gasteiger partial charge in [0.15, 0.2) is 17.5 Å². The monoisotopic (exact) mass is 640 g/mol. The maximum absolute atomic E-state index is 16.6. The second-order valence-corrected chi connectivity index (χ2v) is 13.7. The van der Waals surface area contributed by atoms with Gasteiger partial charge in [0.1, 0.15) is 40.9 Å². The van der Waals surface area contributed by atoms with Gasteiger partial charge < -0.3 is 20.7 Å². The number of thiophene rings is 1. The molecule has 3 N–H and O–H groups in total. The zero-order chi connectivity index (χ0) is 31.7. The highest BCUT2D eigenvalue weighted by atomic mass is 32.1. The number of likely N-dealkylation sites (N-methyl/N-ethyl adjacent to an activating group) is 1. The number of alkyl halides is 1. The maximum atomic E-state index is 16.6. The van der Waals surface area contributed by atoms with Crippen molar-refractivity contribution in [2.24, 2.45) is 0 Å². The summed E-state index contributed by atoms with van der Waals surface area (Å²) in [5.41, 5.74) is 4.70. The van der Waals surface area contributed by atoms with Gasteiger partial charge in [-0.25, -0.2) is 17.6 Å². The molecule has 3 aliphatic rings. The van der Waals surface area contributed by atoms with Crippen molar-refractivity contribution < 1.29 is 22.3 Å². The van der Waals surface area contributed by atoms with Crippen LogP contribution in [0.25, 0.3) is 32.2 Å². The first-order chi connectivity index (χ1) is 21.6. The van der Waals surface area contributed by atoms with Crippen LogP contribution in [0, 0.1) is 28.8 Å². The quantitative estimate of drug-likeness (QED) is 0.237. The SMILES string of the molecule is CN(C)C1(CNc2nc(OC[C@]34CCCN3C[C@@H](F)C4)nc3c(F)c(-c4cc(F)c(F)c5sc(N)c(C#N)c45)ncc23)CCC1. The molecule has 9 nitrogen and oxygen atoms in total. The summed E-state index contributed by atoms with van der Waals surface area (Å²) in [4.78, 5) is 17.6. The molecule has 1 aliphatic carbocycles. The number of nitrogens with two attached hydrogens (primary N) is 1. The van der Waals surface area contributed by atoms with E-state index in [1.807, 2.05) is 20.2 Å². The average molecular weight is 641 g/mol. The molecule has 5 heterocycles. The van der Waals surface area contributed by atoms with E-state index in [4.69, 9.17) is 10.5 Å². The number of benzene rings is 1. The predicted molar refractivity (Wildman–Crippen MR) is 164 cm³/mol. The molecule has 0 radical (unpaired) electrons. The molecule has 3 aromatic heterocycles. The smallest absolute Gasteiger partial charge is 0.319 e. The second kappa shape index (κ2) is 10.9. The summed E-state index contributed by atoms with van der Waals surface area (Å²) < 4.78 is 66.4. The number of hydrogen-bond acceptors (Lipinski definition) is 10. The van der Waals surface area contributed by atoms with Crippen LogP contribution >= 0.6 is 11.3 Å². The summed E-state index contributed by atoms with van der Waals surface area (Å²) in [6, 6.07) is 2.65. The van der Waals surface area contributed by atoms with Crippen molar-refractivity contribution in [3.8, 4) is 23.3 Å². The van der Waals surface area contributed by atoms with Crippen LogP contribution in [0.2, 0.25) is 0 Å². The first-order valence-corrected chi connectivity index (χ1v) is 15.8. The number of fused-ring (bicyclic) bond motifs is 3. The van der Waals surface area contributed by atoms with Crippen molar-refractivity contribution in [2.45, 2.75) is 55.8 Å². The molecule has 0 unspecified atom stereocenters. The van der Waals surface area contributed by atoms with E-state index in [-0.39, 0.29) is 61.0 Å². The lowest BCUT2D eigenvalue weighted by Crippen LogP contribution is -2.54. The summed E-state index contributed by atoms with van der Waals surface area (Å²) in [7, 11) is 4.03. The van der Waals surface area contributed by atoms with Gasteiger partial charge in [-0.3, -0.25) is 9.88 Å². The molecule has 1 saturated carbocycles. The van der Waals surface area contributed by atoms with Crippen molar-refractivity contribution >= 4 is 43.1 Å². The Hall–Kier alpha value is -3.80. The van der Waals surface area contributed by atoms with Gasteiger partial charge in [-0.05, 0) is 58.8 Å². The minimum atomic E-state index is -1.23. The highest BCUT2D eigenvalue weighted by Gasteiger charge is 2.49. The zero-order valence-electron chi connectivity index (χ0n) is 24.9. The molecule has 236 valence electrons. The Balaban J connectivity index is 1.34. The van der Waals surface area contributed by atoms with Crippen LogP contribution < -0.4 is 15.8 Å². The standard InChI is InChI=1S/C31H32F4N8OS/c1-42(2)30(5-3-6-30)14-39-28-19-12-38-24(17-9-20(33)22(34)26-21(17)18(11-36)27(37)45-26)23(35)25(19)40-29(41-28)44-15-31-7-4-8-43(31)13-16(32)10-31/h9,12,16H,3-8,10,13-15,37H2,1-2H3,(H,39,40,41)/t16-,31+/m0/s1. The van der Waals surface area contributed by atoms with Crippen LogP contribution in [-0.4, -0.2) is 82.3 Å². The third-order valence-electron chi connectivity index (χ3n) is 9.96. The Morgan fingerprint density at radius 2 is 2.00 bits per heavy atom. The third kappa shape index (κ3) is 4.74. The lowest BCUT2D eigenvalue weighted by molar-refractivity contribution is 0.0738. The molecule has 45 heavy (non-hydrogen) atoms. The Bertz CT molecular complexity index is 1870. The van der Waals surface area contributed by atoms with Gasteiger partial charge in [-0.1, -0.05) is 0 Å². The molecule has 0 bridgehead atoms. The van der Waals surface area contributed by atoms with Gasteiger partial charge in [0, 0.05) is 42.2 Å². The van der Waals surface area contributed by atoms with Crippen LogP contribution in [-0.2, 0) is 0 Å². The van der Waals surface area contributed by atoms with Gasteiger partial charge in [-0.15, -0.1) is 11.3 Å². The Morgan fingerprint density at radius 3 is 2.71 bits per heavy atom. The Morgan fingerprint density at radius 1 is 1.20 bits per heavy atom. The van der Waals surface area contributed by atoms with Gasteiger partial charge in [0.25, 0.3) is 0 Å². The molecular formula is C31H32F4N8OS. The molecule has 0 spiro atoms. The topological polar surface area (TPSA) is 116 Å². The van der Waals surface area contributed by atoms with Crippen LogP contribution in [0.3, 0.4) is 0 Å². The Kier molecular flexibility index (Phi) is 7.25. The van der Waals surface area contributed by atoms with Gasteiger partial charge in [-0.2, -0.15) is 15.2 Å². The molecule has 1 aromatic carbocycles. The molecule has 2 aliphatic heterocycles. The highest BCUT2D eigenvalue weighted by molar-refractivity contribution is 7.23. The highest BCUT2D eigenvalue weighted by Crippen LogP contribution is 2.44. The van der Waals surface area contributed by atoms with Crippen LogP contribution in [0.1, 0.15) is 44.1 Å². The summed E-state index contributed by atoms with van der Waals surface area (Å²) in [6.45, 7) is 1.81. The van der Waals surface area contributed by atoms with Gasteiger partial charge >= 0.3 is 6.01 Å². The number of anilines is 2. The van der Waals surface area contributed by atoms with Crippen LogP contribution in [0.4, 0.5) is 28.4 Å². The molecule has 3 fully saturated rings. The molecule has 2 saturated heterocycles. The number of halogens is 4. The van der Waals surface area contributed by atoms with Crippen molar-refractivity contribution in [1.82, 2.24) is 24.8 Å². The maximum Gasteiger partial charge on any atom is 0.319 e. The minimum Gasteiger partial charge on any atom is -0.461 e. The molecule has 2 atom stereocenters. The summed E-state index contributed by atoms with van der Waals surface area (Å²) in [5, 5.41) is 13.3. The van der Waals surface area contributed by atoms with E-state index in [1.54, 1.807) is 0 Å². The first kappa shape index (κ1) is 29.9. The van der Waals surface area contributed by atoms with E-state index in [1.165, 1.54) is 6.20 Å². The van der Waals surface area contributed by atoms with Crippen LogP contribution in [0.5, 0.6) is 6.01 Å². The first-order valence-electron chi connectivity index (χ1n) is 15.0. The number of nitrogens with one attached hydrogen (secondary N) is 1. The number of aromatic nitrogens is 3. The van der Waals surface area contributed by atoms with E-state index < -0.39 is 29.2 Å². The van der Waals surface area contributed by atoms with E-state index in [9.17, 15) is 18.4 Å². The van der Waals surface area contributed by atoms with E-state index in [0.717, 1.165) is 44.7 Å². The van der Waals surface area contributed by atoms with E-state index >= 15 is 4.39 Å². The zero-order valence-corrected chi connectivity index (χ0v) is 25.7. The molecule has 14 heteroatoms. The minimum absolute atomic E-state index is 0.0162. The number of ether oxygens (including phenoxy) is 1. The van der Waals surface area contributed by atoms with Gasteiger partial charge in [0.05, 0.1) is 21.2 Å². The van der Waals surface area contributed by atoms with E-state index in [0.29, 0.717) is 36.7 Å². The third-order valence-corrected chi connectivity index (χ3v) is 11.0. The number of nitriles is 1. The van der Waals surface area contributed by atoms with Crippen LogP contribution in [0.15, 0.2) is 12.3 Å². The van der Waals surface area contributed by atoms with Crippen molar-refractivity contribution in [3.63, 3.8) is 0 Å². The summed E-state index contributed by atoms with van der Waals surface area (Å²) in [5.74, 6) is -3.01. The largest absolute Gasteiger partial charge is 0.461 e. The van der Waals surface area contributed by atoms with Gasteiger partial charge in [0.2, 0.25) is 0 Å². The number of hydrogen-bond donors (Lipinski definition) is 2. The molecule has 7 rings (SSSR count).